The molecule has 7 heteroatoms. The van der Waals surface area contributed by atoms with Gasteiger partial charge in [0.05, 0.1) is 13.2 Å². The zero-order valence-electron chi connectivity index (χ0n) is 11.0. The van der Waals surface area contributed by atoms with E-state index < -0.39 is 0 Å². The summed E-state index contributed by atoms with van der Waals surface area (Å²) in [6.45, 7) is 2.12. The number of hydrogen-bond acceptors (Lipinski definition) is 5. The van der Waals surface area contributed by atoms with Crippen LogP contribution < -0.4 is 5.73 Å². The van der Waals surface area contributed by atoms with Crippen LogP contribution in [0.4, 0.5) is 5.69 Å². The highest BCUT2D eigenvalue weighted by atomic mass is 79.9. The molecule has 2 N–H and O–H groups in total. The zero-order valence-corrected chi connectivity index (χ0v) is 12.6. The van der Waals surface area contributed by atoms with Crippen LogP contribution in [-0.4, -0.2) is 33.4 Å². The summed E-state index contributed by atoms with van der Waals surface area (Å²) >= 11 is 3.38. The summed E-state index contributed by atoms with van der Waals surface area (Å²) in [5.74, 6) is 1.48. The average Bonchev–Trinajstić information content (AvgIpc) is 3.15. The van der Waals surface area contributed by atoms with Crippen molar-refractivity contribution >= 4 is 21.6 Å². The third kappa shape index (κ3) is 3.16. The molecule has 1 heterocycles. The Kier molecular flexibility index (Phi) is 3.98. The predicted octanol–water partition coefficient (Wildman–Crippen LogP) is 2.11. The third-order valence-corrected chi connectivity index (χ3v) is 4.01. The van der Waals surface area contributed by atoms with Crippen molar-refractivity contribution in [3.63, 3.8) is 0 Å². The van der Waals surface area contributed by atoms with Gasteiger partial charge in [0.2, 0.25) is 0 Å². The molecule has 1 saturated carbocycles. The molecular formula is C13H16BrN5O. The maximum Gasteiger partial charge on any atom is 0.182 e. The average molecular weight is 338 g/mol. The lowest BCUT2D eigenvalue weighted by Crippen LogP contribution is -2.10. The highest BCUT2D eigenvalue weighted by Gasteiger charge is 2.21. The normalized spacial score (nSPS) is 14.7. The second-order valence-corrected chi connectivity index (χ2v) is 5.83. The number of nitrogens with two attached hydrogens (primary N) is 1. The molecule has 1 fully saturated rings. The monoisotopic (exact) mass is 337 g/mol. The van der Waals surface area contributed by atoms with Gasteiger partial charge in [0.25, 0.3) is 0 Å². The Morgan fingerprint density at radius 3 is 3.00 bits per heavy atom. The minimum absolute atomic E-state index is 0.626. The first-order valence-corrected chi connectivity index (χ1v) is 7.42. The molecule has 0 unspecified atom stereocenters. The van der Waals surface area contributed by atoms with Gasteiger partial charge in [0.15, 0.2) is 5.82 Å². The van der Waals surface area contributed by atoms with Crippen molar-refractivity contribution in [2.24, 2.45) is 5.92 Å². The van der Waals surface area contributed by atoms with E-state index in [1.165, 1.54) is 12.8 Å². The summed E-state index contributed by atoms with van der Waals surface area (Å²) in [7, 11) is 0. The van der Waals surface area contributed by atoms with E-state index >= 15 is 0 Å². The second-order valence-electron chi connectivity index (χ2n) is 4.98. The number of nitrogens with zero attached hydrogens (tertiary/aromatic N) is 4. The van der Waals surface area contributed by atoms with Crippen molar-refractivity contribution in [3.05, 3.63) is 22.7 Å². The maximum atomic E-state index is 5.89. The Balaban J connectivity index is 1.66. The SMILES string of the molecule is Nc1cc(-c2nnnn2CCOCC2CC2)ccc1Br. The number of ether oxygens (including phenoxy) is 1. The van der Waals surface area contributed by atoms with Crippen LogP contribution in [0.15, 0.2) is 22.7 Å². The van der Waals surface area contributed by atoms with E-state index in [0.717, 1.165) is 22.6 Å². The van der Waals surface area contributed by atoms with E-state index in [4.69, 9.17) is 10.5 Å². The zero-order chi connectivity index (χ0) is 13.9. The Bertz CT molecular complexity index is 596. The van der Waals surface area contributed by atoms with Gasteiger partial charge >= 0.3 is 0 Å². The molecule has 3 rings (SSSR count). The van der Waals surface area contributed by atoms with Crippen LogP contribution in [0.25, 0.3) is 11.4 Å². The predicted molar refractivity (Wildman–Crippen MR) is 78.9 cm³/mol. The number of aromatic nitrogens is 4. The molecular weight excluding hydrogens is 322 g/mol. The summed E-state index contributed by atoms with van der Waals surface area (Å²) in [5, 5.41) is 11.8. The number of halogens is 1. The van der Waals surface area contributed by atoms with Crippen LogP contribution in [0.2, 0.25) is 0 Å². The van der Waals surface area contributed by atoms with Crippen molar-refractivity contribution in [1.29, 1.82) is 0 Å². The molecule has 2 aromatic rings. The van der Waals surface area contributed by atoms with Gasteiger partial charge in [-0.05, 0) is 63.3 Å². The molecule has 0 radical (unpaired) electrons. The third-order valence-electron chi connectivity index (χ3n) is 3.28. The molecule has 1 aromatic heterocycles. The van der Waals surface area contributed by atoms with Gasteiger partial charge in [-0.1, -0.05) is 0 Å². The van der Waals surface area contributed by atoms with E-state index in [2.05, 4.69) is 31.5 Å². The van der Waals surface area contributed by atoms with Crippen molar-refractivity contribution in [3.8, 4) is 11.4 Å². The molecule has 0 aliphatic heterocycles. The Morgan fingerprint density at radius 2 is 2.25 bits per heavy atom. The van der Waals surface area contributed by atoms with E-state index in [-0.39, 0.29) is 0 Å². The van der Waals surface area contributed by atoms with Gasteiger partial charge in [-0.2, -0.15) is 0 Å². The molecule has 0 saturated heterocycles. The fourth-order valence-corrected chi connectivity index (χ4v) is 2.18. The summed E-state index contributed by atoms with van der Waals surface area (Å²) in [6, 6.07) is 5.69. The number of benzene rings is 1. The van der Waals surface area contributed by atoms with Crippen molar-refractivity contribution in [2.75, 3.05) is 18.9 Å². The molecule has 0 atom stereocenters. The van der Waals surface area contributed by atoms with E-state index in [0.29, 0.717) is 24.7 Å². The highest BCUT2D eigenvalue weighted by molar-refractivity contribution is 9.10. The lowest BCUT2D eigenvalue weighted by Gasteiger charge is -2.07. The number of tetrazole rings is 1. The van der Waals surface area contributed by atoms with E-state index in [9.17, 15) is 0 Å². The molecule has 106 valence electrons. The summed E-state index contributed by atoms with van der Waals surface area (Å²) in [5.41, 5.74) is 7.46. The van der Waals surface area contributed by atoms with Crippen LogP contribution in [0, 0.1) is 5.92 Å². The lowest BCUT2D eigenvalue weighted by molar-refractivity contribution is 0.114. The van der Waals surface area contributed by atoms with E-state index in [1.54, 1.807) is 4.68 Å². The van der Waals surface area contributed by atoms with Gasteiger partial charge in [-0.25, -0.2) is 4.68 Å². The Hall–Kier alpha value is -1.47. The van der Waals surface area contributed by atoms with Crippen LogP contribution in [0.3, 0.4) is 0 Å². The van der Waals surface area contributed by atoms with Crippen molar-refractivity contribution < 1.29 is 4.74 Å². The van der Waals surface area contributed by atoms with Crippen LogP contribution in [0.5, 0.6) is 0 Å². The molecule has 0 bridgehead atoms. The topological polar surface area (TPSA) is 78.9 Å². The van der Waals surface area contributed by atoms with Gasteiger partial charge in [0, 0.05) is 22.3 Å². The van der Waals surface area contributed by atoms with Gasteiger partial charge in [0.1, 0.15) is 0 Å². The summed E-state index contributed by atoms with van der Waals surface area (Å²) < 4.78 is 8.23. The first-order chi connectivity index (χ1) is 9.74. The van der Waals surface area contributed by atoms with Gasteiger partial charge in [-0.15, -0.1) is 5.10 Å². The highest BCUT2D eigenvalue weighted by Crippen LogP contribution is 2.29. The van der Waals surface area contributed by atoms with Gasteiger partial charge < -0.3 is 10.5 Å². The number of nitrogen functional groups attached to an aromatic ring is 1. The van der Waals surface area contributed by atoms with Crippen molar-refractivity contribution in [1.82, 2.24) is 20.2 Å². The lowest BCUT2D eigenvalue weighted by atomic mass is 10.2. The summed E-state index contributed by atoms with van der Waals surface area (Å²) in [6.07, 6.45) is 2.60. The quantitative estimate of drug-likeness (QED) is 0.645. The number of hydrogen-bond donors (Lipinski definition) is 1. The van der Waals surface area contributed by atoms with Gasteiger partial charge in [-0.3, -0.25) is 0 Å². The molecule has 6 nitrogen and oxygen atoms in total. The van der Waals surface area contributed by atoms with Crippen LogP contribution in [0.1, 0.15) is 12.8 Å². The van der Waals surface area contributed by atoms with Crippen LogP contribution >= 0.6 is 15.9 Å². The minimum Gasteiger partial charge on any atom is -0.398 e. The standard InChI is InChI=1S/C13H16BrN5O/c14-11-4-3-10(7-12(11)15)13-16-17-18-19(13)5-6-20-8-9-1-2-9/h3-4,7,9H,1-2,5-6,8,15H2. The number of rotatable bonds is 6. The maximum absolute atomic E-state index is 5.89. The largest absolute Gasteiger partial charge is 0.398 e. The minimum atomic E-state index is 0.626. The molecule has 0 amide bonds. The smallest absolute Gasteiger partial charge is 0.182 e. The number of anilines is 1. The molecule has 0 spiro atoms. The molecule has 1 aliphatic carbocycles. The Labute approximate surface area is 125 Å². The molecule has 1 aromatic carbocycles. The molecule has 20 heavy (non-hydrogen) atoms. The van der Waals surface area contributed by atoms with Crippen LogP contribution in [-0.2, 0) is 11.3 Å². The Morgan fingerprint density at radius 1 is 1.40 bits per heavy atom. The van der Waals surface area contributed by atoms with Crippen molar-refractivity contribution in [2.45, 2.75) is 19.4 Å². The summed E-state index contributed by atoms with van der Waals surface area (Å²) in [4.78, 5) is 0. The van der Waals surface area contributed by atoms with E-state index in [1.807, 2.05) is 18.2 Å². The molecule has 1 aliphatic rings. The fraction of sp³-hybridized carbons (Fsp3) is 0.462. The fourth-order valence-electron chi connectivity index (χ4n) is 1.93. The first-order valence-electron chi connectivity index (χ1n) is 6.63. The second kappa shape index (κ2) is 5.88. The first kappa shape index (κ1) is 13.5.